The lowest BCUT2D eigenvalue weighted by molar-refractivity contribution is -0.870. The molecule has 2 atom stereocenters. The van der Waals surface area contributed by atoms with Gasteiger partial charge in [-0.2, -0.15) is 0 Å². The number of hydrogen-bond donors (Lipinski definition) is 0. The minimum Gasteiger partial charge on any atom is -0.545 e. The van der Waals surface area contributed by atoms with Crippen LogP contribution in [0.25, 0.3) is 0 Å². The van der Waals surface area contributed by atoms with Gasteiger partial charge in [0, 0.05) is 12.8 Å². The molecule has 0 amide bonds. The number of carboxylic acid groups (broad SMARTS) is 1. The number of likely N-dealkylation sites (N-methyl/N-ethyl adjacent to an activating group) is 1. The molecule has 0 fully saturated rings. The molecular formula is C63H107NO8. The van der Waals surface area contributed by atoms with Crippen molar-refractivity contribution < 1.29 is 42.9 Å². The van der Waals surface area contributed by atoms with Crippen molar-refractivity contribution >= 4 is 17.9 Å². The van der Waals surface area contributed by atoms with Gasteiger partial charge in [-0.05, 0) is 77.0 Å². The van der Waals surface area contributed by atoms with Crippen LogP contribution in [0.3, 0.4) is 0 Å². The number of hydrogen-bond acceptors (Lipinski definition) is 8. The normalized spacial score (nSPS) is 13.5. The zero-order chi connectivity index (χ0) is 52.7. The van der Waals surface area contributed by atoms with Gasteiger partial charge in [0.1, 0.15) is 13.2 Å². The van der Waals surface area contributed by atoms with Crippen LogP contribution in [-0.2, 0) is 33.3 Å². The third-order valence-corrected chi connectivity index (χ3v) is 12.1. The van der Waals surface area contributed by atoms with Crippen LogP contribution in [0.2, 0.25) is 0 Å². The van der Waals surface area contributed by atoms with E-state index in [0.29, 0.717) is 23.9 Å². The number of unbranched alkanes of at least 4 members (excludes halogenated alkanes) is 21. The third kappa shape index (κ3) is 54.0. The average Bonchev–Trinajstić information content (AvgIpc) is 3.35. The van der Waals surface area contributed by atoms with Gasteiger partial charge >= 0.3 is 11.9 Å². The Balaban J connectivity index is 4.00. The molecule has 9 nitrogen and oxygen atoms in total. The maximum atomic E-state index is 12.8. The number of rotatable bonds is 52. The molecule has 2 unspecified atom stereocenters. The Morgan fingerprint density at radius 1 is 0.431 bits per heavy atom. The van der Waals surface area contributed by atoms with Crippen molar-refractivity contribution in [2.45, 2.75) is 238 Å². The van der Waals surface area contributed by atoms with Gasteiger partial charge in [0.05, 0.1) is 40.3 Å². The van der Waals surface area contributed by atoms with Crippen molar-refractivity contribution in [1.29, 1.82) is 0 Å². The largest absolute Gasteiger partial charge is 0.545 e. The van der Waals surface area contributed by atoms with Gasteiger partial charge in [-0.1, -0.05) is 233 Å². The summed E-state index contributed by atoms with van der Waals surface area (Å²) >= 11 is 0. The summed E-state index contributed by atoms with van der Waals surface area (Å²) in [6, 6.07) is 0. The molecule has 0 saturated heterocycles. The lowest BCUT2D eigenvalue weighted by atomic mass is 10.0. The van der Waals surface area contributed by atoms with Crippen LogP contribution in [0.1, 0.15) is 226 Å². The number of ether oxygens (including phenoxy) is 4. The van der Waals surface area contributed by atoms with Crippen LogP contribution in [-0.4, -0.2) is 82.3 Å². The summed E-state index contributed by atoms with van der Waals surface area (Å²) in [6.45, 7) is 4.59. The van der Waals surface area contributed by atoms with E-state index < -0.39 is 24.3 Å². The Bertz CT molecular complexity index is 1500. The first kappa shape index (κ1) is 68.2. The molecule has 0 aromatic rings. The highest BCUT2D eigenvalue weighted by molar-refractivity contribution is 5.70. The Morgan fingerprint density at radius 2 is 0.792 bits per heavy atom. The zero-order valence-corrected chi connectivity index (χ0v) is 46.8. The average molecular weight is 1010 g/mol. The summed E-state index contributed by atoms with van der Waals surface area (Å²) < 4.78 is 22.6. The third-order valence-electron chi connectivity index (χ3n) is 12.1. The van der Waals surface area contributed by atoms with Gasteiger partial charge in [0.15, 0.2) is 12.4 Å². The molecule has 0 saturated carbocycles. The number of esters is 2. The fourth-order valence-corrected chi connectivity index (χ4v) is 7.67. The maximum absolute atomic E-state index is 12.8. The molecule has 0 aliphatic carbocycles. The zero-order valence-electron chi connectivity index (χ0n) is 46.8. The molecule has 0 aliphatic rings. The van der Waals surface area contributed by atoms with Crippen molar-refractivity contribution in [3.05, 3.63) is 97.2 Å². The quantitative estimate of drug-likeness (QED) is 0.0195. The van der Waals surface area contributed by atoms with Crippen LogP contribution in [0.5, 0.6) is 0 Å². The fraction of sp³-hybridized carbons (Fsp3) is 0.698. The summed E-state index contributed by atoms with van der Waals surface area (Å²) in [5.41, 5.74) is 0. The molecule has 0 aliphatic heterocycles. The van der Waals surface area contributed by atoms with Crippen LogP contribution >= 0.6 is 0 Å². The van der Waals surface area contributed by atoms with Crippen LogP contribution in [0.4, 0.5) is 0 Å². The molecular weight excluding hydrogens is 899 g/mol. The summed E-state index contributed by atoms with van der Waals surface area (Å²) in [5, 5.41) is 11.7. The van der Waals surface area contributed by atoms with Crippen LogP contribution in [0.15, 0.2) is 97.2 Å². The first-order valence-corrected chi connectivity index (χ1v) is 28.9. The second-order valence-corrected chi connectivity index (χ2v) is 20.2. The van der Waals surface area contributed by atoms with Gasteiger partial charge in [-0.25, -0.2) is 0 Å². The smallest absolute Gasteiger partial charge is 0.306 e. The summed E-state index contributed by atoms with van der Waals surface area (Å²) in [5.74, 6) is -2.29. The molecule has 72 heavy (non-hydrogen) atoms. The van der Waals surface area contributed by atoms with E-state index in [2.05, 4.69) is 111 Å². The van der Waals surface area contributed by atoms with Gasteiger partial charge in [0.2, 0.25) is 0 Å². The second kappa shape index (κ2) is 53.5. The Morgan fingerprint density at radius 3 is 1.18 bits per heavy atom. The molecule has 0 aromatic heterocycles. The van der Waals surface area contributed by atoms with E-state index in [1.54, 1.807) is 0 Å². The molecule has 0 radical (unpaired) electrons. The topological polar surface area (TPSA) is 111 Å². The minimum atomic E-state index is -1.62. The monoisotopic (exact) mass is 1010 g/mol. The lowest BCUT2D eigenvalue weighted by Gasteiger charge is -2.26. The Hall–Kier alpha value is -3.79. The fourth-order valence-electron chi connectivity index (χ4n) is 7.67. The predicted molar refractivity (Wildman–Crippen MR) is 301 cm³/mol. The standard InChI is InChI=1S/C63H107NO8/c1-6-8-10-12-14-16-17-18-19-20-21-22-23-24-25-26-27-28-29-30-31-32-33-34-35-36-37-38-39-40-41-42-43-44-45-46-48-50-52-54-61(66)72-59(58-71-63(62(67)68)69-56-55-64(3,4)5)57-70-60(65)53-51-49-47-15-13-11-9-7-2/h8,10,14,16,18-19,21-22,24-25,27-28,30-31,33-34,59,63H,6-7,9,11-13,15,17,20,23,26,29,32,35-58H2,1-5H3/b10-8-,16-14-,19-18-,22-21-,25-24-,28-27-,31-30-,34-33-. The highest BCUT2D eigenvalue weighted by Crippen LogP contribution is 2.15. The molecule has 0 bridgehead atoms. The number of aliphatic carboxylic acids is 1. The highest BCUT2D eigenvalue weighted by Gasteiger charge is 2.22. The van der Waals surface area contributed by atoms with Crippen LogP contribution in [0, 0.1) is 0 Å². The van der Waals surface area contributed by atoms with Crippen molar-refractivity contribution in [2.24, 2.45) is 0 Å². The van der Waals surface area contributed by atoms with E-state index in [1.165, 1.54) is 103 Å². The van der Waals surface area contributed by atoms with Gasteiger partial charge < -0.3 is 33.3 Å². The van der Waals surface area contributed by atoms with E-state index in [0.717, 1.165) is 89.9 Å². The second-order valence-electron chi connectivity index (χ2n) is 20.2. The number of carbonyl (C=O) groups is 3. The van der Waals surface area contributed by atoms with E-state index >= 15 is 0 Å². The van der Waals surface area contributed by atoms with E-state index in [-0.39, 0.29) is 32.2 Å². The lowest BCUT2D eigenvalue weighted by Crippen LogP contribution is -2.44. The van der Waals surface area contributed by atoms with Gasteiger partial charge in [0.25, 0.3) is 0 Å². The first-order valence-electron chi connectivity index (χ1n) is 28.9. The Kier molecular flexibility index (Phi) is 50.7. The summed E-state index contributed by atoms with van der Waals surface area (Å²) in [7, 11) is 5.91. The predicted octanol–water partition coefficient (Wildman–Crippen LogP) is 15.6. The molecule has 9 heteroatoms. The summed E-state index contributed by atoms with van der Waals surface area (Å²) in [4.78, 5) is 37.0. The van der Waals surface area contributed by atoms with E-state index in [4.69, 9.17) is 18.9 Å². The number of allylic oxidation sites excluding steroid dienone is 16. The van der Waals surface area contributed by atoms with Gasteiger partial charge in [-0.3, -0.25) is 9.59 Å². The molecule has 0 rings (SSSR count). The highest BCUT2D eigenvalue weighted by atomic mass is 16.7. The molecule has 0 N–H and O–H groups in total. The number of carboxylic acids is 1. The number of carbonyl (C=O) groups excluding carboxylic acids is 3. The van der Waals surface area contributed by atoms with Crippen molar-refractivity contribution in [2.75, 3.05) is 47.5 Å². The van der Waals surface area contributed by atoms with Crippen molar-refractivity contribution in [3.8, 4) is 0 Å². The van der Waals surface area contributed by atoms with Crippen molar-refractivity contribution in [3.63, 3.8) is 0 Å². The first-order chi connectivity index (χ1) is 35.1. The minimum absolute atomic E-state index is 0.146. The SMILES string of the molecule is CC/C=C\C/C=C\C/C=C\C/C=C\C/C=C\C/C=C\C/C=C\C/C=C\CCCCCCCCCCCCCCCCC(=O)OC(COC(=O)CCCCCCCCCC)COC(OCC[N+](C)(C)C)C(=O)[O-]. The molecule has 412 valence electrons. The van der Waals surface area contributed by atoms with Gasteiger partial charge in [-0.15, -0.1) is 0 Å². The Labute approximate surface area is 442 Å². The van der Waals surface area contributed by atoms with E-state index in [9.17, 15) is 19.5 Å². The molecule has 0 heterocycles. The van der Waals surface area contributed by atoms with E-state index in [1.807, 2.05) is 21.1 Å². The van der Waals surface area contributed by atoms with Crippen molar-refractivity contribution in [1.82, 2.24) is 0 Å². The molecule has 0 spiro atoms. The summed E-state index contributed by atoms with van der Waals surface area (Å²) in [6.07, 6.45) is 69.2. The number of quaternary nitrogens is 1. The molecule has 0 aromatic carbocycles. The maximum Gasteiger partial charge on any atom is 0.306 e. The van der Waals surface area contributed by atoms with Crippen LogP contribution < -0.4 is 5.11 Å². The number of nitrogens with zero attached hydrogens (tertiary/aromatic N) is 1.